The van der Waals surface area contributed by atoms with Gasteiger partial charge in [-0.2, -0.15) is 0 Å². The first kappa shape index (κ1) is 15.1. The molecule has 2 rings (SSSR count). The van der Waals surface area contributed by atoms with E-state index in [2.05, 4.69) is 37.2 Å². The number of rotatable bonds is 2. The van der Waals surface area contributed by atoms with Gasteiger partial charge in [0.15, 0.2) is 0 Å². The van der Waals surface area contributed by atoms with Crippen LogP contribution in [-0.4, -0.2) is 5.91 Å². The van der Waals surface area contributed by atoms with Crippen molar-refractivity contribution in [1.29, 1.82) is 0 Å². The predicted molar refractivity (Wildman–Crippen MR) is 80.9 cm³/mol. The minimum Gasteiger partial charge on any atom is -0.322 e. The Kier molecular flexibility index (Phi) is 4.55. The third-order valence-corrected chi connectivity index (χ3v) is 3.97. The molecule has 0 unspecified atom stereocenters. The molecule has 0 bridgehead atoms. The number of benzene rings is 2. The Morgan fingerprint density at radius 3 is 2.45 bits per heavy atom. The number of anilines is 1. The number of carbonyl (C=O) groups excluding carboxylic acids is 1. The van der Waals surface area contributed by atoms with Crippen LogP contribution in [0.4, 0.5) is 14.5 Å². The van der Waals surface area contributed by atoms with Crippen molar-refractivity contribution in [3.63, 3.8) is 0 Å². The van der Waals surface area contributed by atoms with Crippen molar-refractivity contribution in [2.45, 2.75) is 6.92 Å². The summed E-state index contributed by atoms with van der Waals surface area (Å²) in [6.07, 6.45) is 0. The monoisotopic (exact) mass is 403 g/mol. The fourth-order valence-corrected chi connectivity index (χ4v) is 2.55. The number of halogens is 4. The first-order valence-corrected chi connectivity index (χ1v) is 7.19. The Morgan fingerprint density at radius 1 is 1.10 bits per heavy atom. The topological polar surface area (TPSA) is 29.1 Å². The zero-order valence-corrected chi connectivity index (χ0v) is 13.5. The fraction of sp³-hybridized carbons (Fsp3) is 0.0714. The van der Waals surface area contributed by atoms with Gasteiger partial charge < -0.3 is 5.32 Å². The molecule has 6 heteroatoms. The quantitative estimate of drug-likeness (QED) is 0.745. The molecule has 2 aromatic rings. The zero-order chi connectivity index (χ0) is 14.9. The fourth-order valence-electron chi connectivity index (χ4n) is 1.68. The summed E-state index contributed by atoms with van der Waals surface area (Å²) in [7, 11) is 0. The van der Waals surface area contributed by atoms with Crippen LogP contribution >= 0.6 is 31.9 Å². The average molecular weight is 405 g/mol. The van der Waals surface area contributed by atoms with E-state index in [0.29, 0.717) is 15.7 Å². The van der Waals surface area contributed by atoms with Gasteiger partial charge in [-0.1, -0.05) is 6.07 Å². The molecule has 0 aliphatic carbocycles. The average Bonchev–Trinajstić information content (AvgIpc) is 2.35. The molecule has 1 N–H and O–H groups in total. The second-order valence-electron chi connectivity index (χ2n) is 4.13. The summed E-state index contributed by atoms with van der Waals surface area (Å²) in [5, 5.41) is 2.57. The summed E-state index contributed by atoms with van der Waals surface area (Å²) < 4.78 is 27.6. The van der Waals surface area contributed by atoms with Crippen molar-refractivity contribution in [3.8, 4) is 0 Å². The summed E-state index contributed by atoms with van der Waals surface area (Å²) in [5.41, 5.74) is 0.872. The molecule has 20 heavy (non-hydrogen) atoms. The highest BCUT2D eigenvalue weighted by molar-refractivity contribution is 9.10. The highest BCUT2D eigenvalue weighted by Crippen LogP contribution is 2.26. The second-order valence-corrected chi connectivity index (χ2v) is 5.84. The number of hydrogen-bond acceptors (Lipinski definition) is 1. The summed E-state index contributed by atoms with van der Waals surface area (Å²) in [6.45, 7) is 1.65. The van der Waals surface area contributed by atoms with Gasteiger partial charge in [0.05, 0.1) is 10.0 Å². The maximum absolute atomic E-state index is 13.7. The Morgan fingerprint density at radius 2 is 1.80 bits per heavy atom. The molecule has 104 valence electrons. The molecule has 0 heterocycles. The van der Waals surface area contributed by atoms with Gasteiger partial charge in [0.1, 0.15) is 11.6 Å². The molecule has 2 nitrogen and oxygen atoms in total. The maximum atomic E-state index is 13.7. The van der Waals surface area contributed by atoms with E-state index in [-0.39, 0.29) is 10.0 Å². The molecule has 0 saturated heterocycles. The second kappa shape index (κ2) is 6.01. The minimum absolute atomic E-state index is 0.0904. The minimum atomic E-state index is -0.629. The molecule has 0 saturated carbocycles. The van der Waals surface area contributed by atoms with E-state index in [0.717, 1.165) is 0 Å². The van der Waals surface area contributed by atoms with Crippen molar-refractivity contribution in [1.82, 2.24) is 0 Å². The lowest BCUT2D eigenvalue weighted by Gasteiger charge is -2.11. The predicted octanol–water partition coefficient (Wildman–Crippen LogP) is 5.05. The third kappa shape index (κ3) is 3.07. The molecule has 2 aromatic carbocycles. The lowest BCUT2D eigenvalue weighted by molar-refractivity contribution is 0.102. The maximum Gasteiger partial charge on any atom is 0.259 e. The van der Waals surface area contributed by atoms with Crippen molar-refractivity contribution >= 4 is 43.5 Å². The Balaban J connectivity index is 2.35. The van der Waals surface area contributed by atoms with Gasteiger partial charge in [0.25, 0.3) is 5.91 Å². The van der Waals surface area contributed by atoms with Gasteiger partial charge in [-0.25, -0.2) is 8.78 Å². The Labute approximate surface area is 131 Å². The lowest BCUT2D eigenvalue weighted by Crippen LogP contribution is -2.15. The summed E-state index contributed by atoms with van der Waals surface area (Å²) in [4.78, 5) is 12.1. The van der Waals surface area contributed by atoms with E-state index in [9.17, 15) is 13.6 Å². The molecular formula is C14H9Br2F2NO. The van der Waals surface area contributed by atoms with Crippen molar-refractivity contribution in [2.75, 3.05) is 5.32 Å². The first-order chi connectivity index (χ1) is 9.40. The van der Waals surface area contributed by atoms with Gasteiger partial charge >= 0.3 is 0 Å². The number of hydrogen-bond donors (Lipinski definition) is 1. The van der Waals surface area contributed by atoms with Crippen LogP contribution in [0.5, 0.6) is 0 Å². The van der Waals surface area contributed by atoms with Gasteiger partial charge in [0.2, 0.25) is 0 Å². The molecule has 0 aliphatic rings. The SMILES string of the molecule is Cc1cc(F)c(Br)cc1NC(=O)c1c(F)cccc1Br. The zero-order valence-electron chi connectivity index (χ0n) is 10.3. The molecule has 1 amide bonds. The van der Waals surface area contributed by atoms with Gasteiger partial charge in [-0.05, 0) is 68.6 Å². The number of aryl methyl sites for hydroxylation is 1. The first-order valence-electron chi connectivity index (χ1n) is 5.61. The lowest BCUT2D eigenvalue weighted by atomic mass is 10.1. The molecule has 0 fully saturated rings. The van der Waals surface area contributed by atoms with Gasteiger partial charge in [-0.3, -0.25) is 4.79 Å². The van der Waals surface area contributed by atoms with Crippen LogP contribution in [0, 0.1) is 18.6 Å². The van der Waals surface area contributed by atoms with Crippen LogP contribution in [0.25, 0.3) is 0 Å². The van der Waals surface area contributed by atoms with E-state index in [1.165, 1.54) is 24.3 Å². The van der Waals surface area contributed by atoms with Gasteiger partial charge in [0, 0.05) is 10.2 Å². The number of nitrogens with one attached hydrogen (secondary N) is 1. The standard InChI is InChI=1S/C14H9Br2F2NO/c1-7-5-11(18)9(16)6-12(7)19-14(20)13-8(15)3-2-4-10(13)17/h2-6H,1H3,(H,19,20). The van der Waals surface area contributed by atoms with Crippen LogP contribution < -0.4 is 5.32 Å². The van der Waals surface area contributed by atoms with Crippen LogP contribution in [0.15, 0.2) is 39.3 Å². The largest absolute Gasteiger partial charge is 0.322 e. The molecule has 0 spiro atoms. The highest BCUT2D eigenvalue weighted by Gasteiger charge is 2.17. The third-order valence-electron chi connectivity index (χ3n) is 2.71. The van der Waals surface area contributed by atoms with E-state index in [1.54, 1.807) is 13.0 Å². The van der Waals surface area contributed by atoms with E-state index >= 15 is 0 Å². The van der Waals surface area contributed by atoms with Crippen molar-refractivity contribution < 1.29 is 13.6 Å². The van der Waals surface area contributed by atoms with Crippen LogP contribution in [0.1, 0.15) is 15.9 Å². The highest BCUT2D eigenvalue weighted by atomic mass is 79.9. The van der Waals surface area contributed by atoms with Crippen molar-refractivity contribution in [2.24, 2.45) is 0 Å². The molecule has 0 atom stereocenters. The Hall–Kier alpha value is -1.27. The Bertz CT molecular complexity index is 669. The number of amides is 1. The van der Waals surface area contributed by atoms with Crippen molar-refractivity contribution in [3.05, 3.63) is 62.0 Å². The van der Waals surface area contributed by atoms with E-state index < -0.39 is 17.5 Å². The smallest absolute Gasteiger partial charge is 0.259 e. The summed E-state index contributed by atoms with van der Waals surface area (Å²) in [6, 6.07) is 7.00. The van der Waals surface area contributed by atoms with E-state index in [4.69, 9.17) is 0 Å². The normalized spacial score (nSPS) is 10.4. The summed E-state index contributed by atoms with van der Waals surface area (Å²) in [5.74, 6) is -1.65. The molecule has 0 aliphatic heterocycles. The van der Waals surface area contributed by atoms with Crippen LogP contribution in [-0.2, 0) is 0 Å². The molecule has 0 aromatic heterocycles. The molecule has 0 radical (unpaired) electrons. The van der Waals surface area contributed by atoms with E-state index in [1.807, 2.05) is 0 Å². The van der Waals surface area contributed by atoms with Gasteiger partial charge in [-0.15, -0.1) is 0 Å². The molecular weight excluding hydrogens is 396 g/mol. The van der Waals surface area contributed by atoms with Crippen LogP contribution in [0.2, 0.25) is 0 Å². The number of carbonyl (C=O) groups is 1. The summed E-state index contributed by atoms with van der Waals surface area (Å²) >= 11 is 6.18. The van der Waals surface area contributed by atoms with Crippen LogP contribution in [0.3, 0.4) is 0 Å².